The zero-order valence-corrected chi connectivity index (χ0v) is 5.94. The van der Waals surface area contributed by atoms with Gasteiger partial charge in [0, 0.05) is 0 Å². The fourth-order valence-electron chi connectivity index (χ4n) is 0.628. The second-order valence-electron chi connectivity index (χ2n) is 1.89. The van der Waals surface area contributed by atoms with Gasteiger partial charge in [-0.15, -0.1) is 0 Å². The first-order valence-electron chi connectivity index (χ1n) is 2.97. The van der Waals surface area contributed by atoms with Crippen molar-refractivity contribution in [3.8, 4) is 5.75 Å². The van der Waals surface area contributed by atoms with Gasteiger partial charge in [0.05, 0.1) is 13.3 Å². The molecule has 5 heteroatoms. The van der Waals surface area contributed by atoms with Gasteiger partial charge in [-0.05, 0) is 12.1 Å². The molecule has 0 saturated carbocycles. The number of ether oxygens (including phenoxy) is 1. The molecular weight excluding hydrogens is 169 g/mol. The third kappa shape index (κ3) is 2.81. The molecule has 1 rings (SSSR count). The molecule has 1 heterocycles. The Morgan fingerprint density at radius 1 is 1.58 bits per heavy atom. The molecule has 4 nitrogen and oxygen atoms in total. The summed E-state index contributed by atoms with van der Waals surface area (Å²) in [4.78, 5) is 13.9. The zero-order chi connectivity index (χ0) is 8.27. The molecule has 1 aromatic rings. The standard InChI is InChI=1S/C7H7NO3.Na.H/c1-11-5-2-3-6(7(9)10)8-4-5;;/h2-4H,1H3,(H,9,10);;. The SMILES string of the molecule is COc1ccc(C(=O)O)nc1.[NaH]. The van der Waals surface area contributed by atoms with Crippen LogP contribution in [0.5, 0.6) is 5.75 Å². The summed E-state index contributed by atoms with van der Waals surface area (Å²) in [7, 11) is 1.50. The molecule has 0 radical (unpaired) electrons. The van der Waals surface area contributed by atoms with Crippen molar-refractivity contribution in [2.75, 3.05) is 7.11 Å². The van der Waals surface area contributed by atoms with Crippen molar-refractivity contribution in [2.45, 2.75) is 0 Å². The summed E-state index contributed by atoms with van der Waals surface area (Å²) in [5.74, 6) is -0.484. The summed E-state index contributed by atoms with van der Waals surface area (Å²) < 4.78 is 4.79. The Kier molecular flexibility index (Phi) is 4.89. The minimum atomic E-state index is -1.03. The summed E-state index contributed by atoms with van der Waals surface area (Å²) in [6, 6.07) is 2.94. The van der Waals surface area contributed by atoms with Crippen LogP contribution in [-0.4, -0.2) is 52.7 Å². The second-order valence-corrected chi connectivity index (χ2v) is 1.89. The van der Waals surface area contributed by atoms with E-state index in [9.17, 15) is 4.79 Å². The zero-order valence-electron chi connectivity index (χ0n) is 5.94. The van der Waals surface area contributed by atoms with Crippen LogP contribution < -0.4 is 4.74 Å². The molecule has 0 amide bonds. The summed E-state index contributed by atoms with van der Waals surface area (Å²) in [5, 5.41) is 8.45. The van der Waals surface area contributed by atoms with E-state index in [4.69, 9.17) is 9.84 Å². The van der Waals surface area contributed by atoms with Gasteiger partial charge in [-0.25, -0.2) is 9.78 Å². The Hall–Kier alpha value is -0.580. The average Bonchev–Trinajstić information content (AvgIpc) is 2.05. The number of carbonyl (C=O) groups is 1. The van der Waals surface area contributed by atoms with Gasteiger partial charge in [0.1, 0.15) is 11.4 Å². The number of hydrogen-bond donors (Lipinski definition) is 1. The van der Waals surface area contributed by atoms with Crippen LogP contribution in [0, 0.1) is 0 Å². The molecule has 0 fully saturated rings. The third-order valence-corrected chi connectivity index (χ3v) is 1.19. The third-order valence-electron chi connectivity index (χ3n) is 1.19. The molecule has 0 aliphatic carbocycles. The molecule has 0 aliphatic heterocycles. The molecule has 0 unspecified atom stereocenters. The molecule has 0 aromatic carbocycles. The minimum absolute atomic E-state index is 0. The summed E-state index contributed by atoms with van der Waals surface area (Å²) >= 11 is 0. The van der Waals surface area contributed by atoms with E-state index in [0.717, 1.165) is 0 Å². The van der Waals surface area contributed by atoms with Gasteiger partial charge in [-0.2, -0.15) is 0 Å². The van der Waals surface area contributed by atoms with Gasteiger partial charge in [0.15, 0.2) is 0 Å². The summed E-state index contributed by atoms with van der Waals surface area (Å²) in [5.41, 5.74) is 0.0193. The number of carboxylic acid groups (broad SMARTS) is 1. The molecule has 0 saturated heterocycles. The van der Waals surface area contributed by atoms with Gasteiger partial charge in [0.2, 0.25) is 0 Å². The molecule has 1 N–H and O–H groups in total. The number of hydrogen-bond acceptors (Lipinski definition) is 3. The monoisotopic (exact) mass is 177 g/mol. The van der Waals surface area contributed by atoms with Gasteiger partial charge < -0.3 is 9.84 Å². The van der Waals surface area contributed by atoms with E-state index < -0.39 is 5.97 Å². The van der Waals surface area contributed by atoms with Crippen LogP contribution in [0.1, 0.15) is 10.5 Å². The van der Waals surface area contributed by atoms with E-state index in [2.05, 4.69) is 4.98 Å². The summed E-state index contributed by atoms with van der Waals surface area (Å²) in [6.07, 6.45) is 1.36. The molecule has 0 bridgehead atoms. The van der Waals surface area contributed by atoms with E-state index in [0.29, 0.717) is 5.75 Å². The van der Waals surface area contributed by atoms with Gasteiger partial charge >= 0.3 is 35.5 Å². The van der Waals surface area contributed by atoms with Crippen molar-refractivity contribution in [3.63, 3.8) is 0 Å². The average molecular weight is 177 g/mol. The number of aromatic carboxylic acids is 1. The Bertz CT molecular complexity index is 260. The Morgan fingerprint density at radius 3 is 2.58 bits per heavy atom. The fourth-order valence-corrected chi connectivity index (χ4v) is 0.628. The second kappa shape index (κ2) is 5.13. The van der Waals surface area contributed by atoms with E-state index in [-0.39, 0.29) is 35.3 Å². The number of pyridine rings is 1. The first-order valence-corrected chi connectivity index (χ1v) is 2.97. The number of aromatic nitrogens is 1. The normalized spacial score (nSPS) is 8.42. The number of rotatable bonds is 2. The van der Waals surface area contributed by atoms with E-state index >= 15 is 0 Å². The Labute approximate surface area is 91.9 Å². The fraction of sp³-hybridized carbons (Fsp3) is 0.143. The molecule has 0 spiro atoms. The Morgan fingerprint density at radius 2 is 2.25 bits per heavy atom. The van der Waals surface area contributed by atoms with Crippen molar-refractivity contribution in [2.24, 2.45) is 0 Å². The van der Waals surface area contributed by atoms with Crippen molar-refractivity contribution in [3.05, 3.63) is 24.0 Å². The topological polar surface area (TPSA) is 59.4 Å². The van der Waals surface area contributed by atoms with E-state index in [1.54, 1.807) is 6.07 Å². The molecule has 60 valence electrons. The van der Waals surface area contributed by atoms with Crippen molar-refractivity contribution < 1.29 is 14.6 Å². The van der Waals surface area contributed by atoms with E-state index in [1.807, 2.05) is 0 Å². The molecule has 0 atom stereocenters. The molecule has 0 aliphatic rings. The van der Waals surface area contributed by atoms with Crippen molar-refractivity contribution >= 4 is 35.5 Å². The molecular formula is C7H8NNaO3. The Balaban J connectivity index is 0.00000121. The van der Waals surface area contributed by atoms with Crippen LogP contribution in [0.4, 0.5) is 0 Å². The number of nitrogens with zero attached hydrogens (tertiary/aromatic N) is 1. The van der Waals surface area contributed by atoms with Gasteiger partial charge in [0.25, 0.3) is 0 Å². The molecule has 12 heavy (non-hydrogen) atoms. The van der Waals surface area contributed by atoms with Crippen LogP contribution in [0.2, 0.25) is 0 Å². The van der Waals surface area contributed by atoms with Crippen LogP contribution in [0.3, 0.4) is 0 Å². The molecule has 1 aromatic heterocycles. The van der Waals surface area contributed by atoms with Crippen LogP contribution >= 0.6 is 0 Å². The van der Waals surface area contributed by atoms with Crippen molar-refractivity contribution in [1.82, 2.24) is 4.98 Å². The van der Waals surface area contributed by atoms with Crippen LogP contribution in [0.25, 0.3) is 0 Å². The van der Waals surface area contributed by atoms with Gasteiger partial charge in [-0.1, -0.05) is 0 Å². The predicted molar refractivity (Wildman–Crippen MR) is 44.9 cm³/mol. The maximum absolute atomic E-state index is 10.3. The van der Waals surface area contributed by atoms with Crippen LogP contribution in [0.15, 0.2) is 18.3 Å². The maximum atomic E-state index is 10.3. The van der Waals surface area contributed by atoms with E-state index in [1.165, 1.54) is 19.4 Å². The first-order chi connectivity index (χ1) is 5.24. The van der Waals surface area contributed by atoms with Crippen LogP contribution in [-0.2, 0) is 0 Å². The van der Waals surface area contributed by atoms with Gasteiger partial charge in [-0.3, -0.25) is 0 Å². The quantitative estimate of drug-likeness (QED) is 0.653. The summed E-state index contributed by atoms with van der Waals surface area (Å²) in [6.45, 7) is 0. The number of carboxylic acids is 1. The first kappa shape index (κ1) is 11.4. The predicted octanol–water partition coefficient (Wildman–Crippen LogP) is 0.140. The number of methoxy groups -OCH3 is 1. The van der Waals surface area contributed by atoms with Crippen molar-refractivity contribution in [1.29, 1.82) is 0 Å².